The molecule has 0 unspecified atom stereocenters. The molecule has 0 saturated carbocycles. The molecule has 216 valence electrons. The van der Waals surface area contributed by atoms with Gasteiger partial charge in [-0.25, -0.2) is 19.2 Å². The zero-order chi connectivity index (χ0) is 29.2. The van der Waals surface area contributed by atoms with Crippen LogP contribution in [0.1, 0.15) is 58.2 Å². The molecule has 2 aromatic carbocycles. The lowest BCUT2D eigenvalue weighted by Gasteiger charge is -2.32. The first-order valence-corrected chi connectivity index (χ1v) is 14.4. The number of terminal acetylenes is 1. The summed E-state index contributed by atoms with van der Waals surface area (Å²) < 4.78 is 27.7. The number of carbonyl (C=O) groups is 1. The van der Waals surface area contributed by atoms with E-state index in [2.05, 4.69) is 15.4 Å². The van der Waals surface area contributed by atoms with E-state index < -0.39 is 11.8 Å². The molecule has 1 N–H and O–H groups in total. The number of aromatic nitrogens is 3. The minimum absolute atomic E-state index is 0.0696. The van der Waals surface area contributed by atoms with Crippen molar-refractivity contribution in [2.75, 3.05) is 19.7 Å². The highest BCUT2D eigenvalue weighted by Gasteiger charge is 2.27. The van der Waals surface area contributed by atoms with E-state index in [1.54, 1.807) is 24.3 Å². The van der Waals surface area contributed by atoms with Gasteiger partial charge in [-0.05, 0) is 62.7 Å². The van der Waals surface area contributed by atoms with Gasteiger partial charge in [0.25, 0.3) is 0 Å². The van der Waals surface area contributed by atoms with Crippen LogP contribution in [0.15, 0.2) is 48.5 Å². The number of aromatic carboxylic acids is 1. The van der Waals surface area contributed by atoms with E-state index in [-0.39, 0.29) is 24.2 Å². The first-order chi connectivity index (χ1) is 20.4. The molecule has 0 spiro atoms. The second kappa shape index (κ2) is 12.1. The summed E-state index contributed by atoms with van der Waals surface area (Å²) in [5, 5.41) is 9.98. The van der Waals surface area contributed by atoms with E-state index in [4.69, 9.17) is 37.5 Å². The Morgan fingerprint density at radius 1 is 1.17 bits per heavy atom. The van der Waals surface area contributed by atoms with Crippen molar-refractivity contribution in [1.82, 2.24) is 19.4 Å². The van der Waals surface area contributed by atoms with Gasteiger partial charge in [0.2, 0.25) is 5.88 Å². The van der Waals surface area contributed by atoms with Crippen molar-refractivity contribution in [3.63, 3.8) is 0 Å². The van der Waals surface area contributed by atoms with Gasteiger partial charge in [0.15, 0.2) is 0 Å². The van der Waals surface area contributed by atoms with Gasteiger partial charge < -0.3 is 19.1 Å². The van der Waals surface area contributed by atoms with Crippen LogP contribution < -0.4 is 4.74 Å². The van der Waals surface area contributed by atoms with E-state index in [1.165, 1.54) is 12.1 Å². The SMILES string of the molecule is C#Cc1cc(C(=O)O)cc2c1nc(CN1CCC(c3cccc(OCc4ccc(Cl)cc4F)n3)CC1)n2C[C@@H]1CCO1. The van der Waals surface area contributed by atoms with Gasteiger partial charge in [0.05, 0.1) is 35.8 Å². The zero-order valence-corrected chi connectivity index (χ0v) is 23.7. The third kappa shape index (κ3) is 5.97. The van der Waals surface area contributed by atoms with Crippen LogP contribution in [0.3, 0.4) is 0 Å². The molecular formula is C32H30ClFN4O4. The molecule has 1 atom stereocenters. The molecule has 2 aliphatic rings. The van der Waals surface area contributed by atoms with Crippen LogP contribution in [-0.2, 0) is 24.4 Å². The summed E-state index contributed by atoms with van der Waals surface area (Å²) in [7, 11) is 0. The second-order valence-corrected chi connectivity index (χ2v) is 11.2. The number of carboxylic acids is 1. The minimum atomic E-state index is -1.02. The standard InChI is InChI=1S/C32H30ClFN4O4/c1-2-20-14-23(32(39)40)15-28-31(20)36-29(38(28)17-25-10-13-41-25)18-37-11-8-21(9-12-37)27-4-3-5-30(35-27)42-19-22-6-7-24(33)16-26(22)34/h1,3-7,14-16,21,25H,8-13,17-19H2,(H,39,40)/t25-/m0/s1. The number of pyridine rings is 1. The van der Waals surface area contributed by atoms with Crippen molar-refractivity contribution in [3.8, 4) is 18.2 Å². The van der Waals surface area contributed by atoms with E-state index in [0.29, 0.717) is 40.6 Å². The average Bonchev–Trinajstić information content (AvgIpc) is 3.31. The number of ether oxygens (including phenoxy) is 2. The topological polar surface area (TPSA) is 89.7 Å². The van der Waals surface area contributed by atoms with Gasteiger partial charge in [-0.15, -0.1) is 6.42 Å². The summed E-state index contributed by atoms with van der Waals surface area (Å²) in [4.78, 5) is 23.7. The van der Waals surface area contributed by atoms with Gasteiger partial charge >= 0.3 is 5.97 Å². The molecule has 2 aliphatic heterocycles. The molecule has 0 aliphatic carbocycles. The molecule has 10 heteroatoms. The molecule has 4 heterocycles. The van der Waals surface area contributed by atoms with E-state index in [1.807, 2.05) is 12.1 Å². The number of halogens is 2. The maximum Gasteiger partial charge on any atom is 0.335 e. The van der Waals surface area contributed by atoms with Gasteiger partial charge in [0, 0.05) is 34.9 Å². The predicted octanol–water partition coefficient (Wildman–Crippen LogP) is 5.65. The monoisotopic (exact) mass is 588 g/mol. The van der Waals surface area contributed by atoms with Crippen molar-refractivity contribution >= 4 is 28.6 Å². The third-order valence-electron chi connectivity index (χ3n) is 8.02. The molecule has 0 bridgehead atoms. The Labute approximate surface area is 248 Å². The third-order valence-corrected chi connectivity index (χ3v) is 8.26. The summed E-state index contributed by atoms with van der Waals surface area (Å²) >= 11 is 5.85. The minimum Gasteiger partial charge on any atom is -0.478 e. The number of benzene rings is 2. The summed E-state index contributed by atoms with van der Waals surface area (Å²) in [6.45, 7) is 3.71. The van der Waals surface area contributed by atoms with E-state index in [0.717, 1.165) is 56.0 Å². The number of likely N-dealkylation sites (tertiary alicyclic amines) is 1. The van der Waals surface area contributed by atoms with Gasteiger partial charge in [-0.3, -0.25) is 4.90 Å². The van der Waals surface area contributed by atoms with Gasteiger partial charge in [-0.2, -0.15) is 0 Å². The first-order valence-electron chi connectivity index (χ1n) is 14.0. The van der Waals surface area contributed by atoms with Gasteiger partial charge in [0.1, 0.15) is 23.8 Å². The number of fused-ring (bicyclic) bond motifs is 1. The number of hydrogen-bond donors (Lipinski definition) is 1. The summed E-state index contributed by atoms with van der Waals surface area (Å²) in [5.74, 6) is 2.77. The fourth-order valence-corrected chi connectivity index (χ4v) is 5.74. The normalized spacial score (nSPS) is 17.6. The number of rotatable bonds is 9. The Kier molecular flexibility index (Phi) is 8.11. The molecule has 2 aromatic heterocycles. The number of piperidine rings is 1. The molecule has 0 amide bonds. The molecule has 6 rings (SSSR count). The van der Waals surface area contributed by atoms with Crippen molar-refractivity contribution in [2.24, 2.45) is 0 Å². The van der Waals surface area contributed by atoms with Crippen LogP contribution in [0, 0.1) is 18.2 Å². The first kappa shape index (κ1) is 28.2. The van der Waals surface area contributed by atoms with Crippen LogP contribution in [0.2, 0.25) is 5.02 Å². The second-order valence-electron chi connectivity index (χ2n) is 10.7. The van der Waals surface area contributed by atoms with Crippen molar-refractivity contribution in [1.29, 1.82) is 0 Å². The highest BCUT2D eigenvalue weighted by molar-refractivity contribution is 6.30. The van der Waals surface area contributed by atoms with E-state index >= 15 is 0 Å². The Morgan fingerprint density at radius 2 is 1.98 bits per heavy atom. The predicted molar refractivity (Wildman–Crippen MR) is 156 cm³/mol. The van der Waals surface area contributed by atoms with Crippen molar-refractivity contribution in [2.45, 2.75) is 51.0 Å². The van der Waals surface area contributed by atoms with Crippen LogP contribution in [0.4, 0.5) is 4.39 Å². The molecule has 4 aromatic rings. The summed E-state index contributed by atoms with van der Waals surface area (Å²) in [6, 6.07) is 13.4. The molecule has 2 saturated heterocycles. The number of hydrogen-bond acceptors (Lipinski definition) is 6. The fourth-order valence-electron chi connectivity index (χ4n) is 5.58. The number of imidazole rings is 1. The Morgan fingerprint density at radius 3 is 2.67 bits per heavy atom. The Balaban J connectivity index is 1.14. The van der Waals surface area contributed by atoms with Crippen molar-refractivity contribution in [3.05, 3.63) is 87.6 Å². The van der Waals surface area contributed by atoms with Crippen molar-refractivity contribution < 1.29 is 23.8 Å². The molecular weight excluding hydrogens is 559 g/mol. The lowest BCUT2D eigenvalue weighted by Crippen LogP contribution is -2.35. The summed E-state index contributed by atoms with van der Waals surface area (Å²) in [6.07, 6.45) is 8.59. The zero-order valence-electron chi connectivity index (χ0n) is 22.9. The molecule has 2 fully saturated rings. The lowest BCUT2D eigenvalue weighted by molar-refractivity contribution is -0.0592. The van der Waals surface area contributed by atoms with E-state index in [9.17, 15) is 14.3 Å². The van der Waals surface area contributed by atoms with Crippen LogP contribution in [0.5, 0.6) is 5.88 Å². The quantitative estimate of drug-likeness (QED) is 0.253. The average molecular weight is 589 g/mol. The largest absolute Gasteiger partial charge is 0.478 e. The lowest BCUT2D eigenvalue weighted by atomic mass is 9.93. The maximum absolute atomic E-state index is 14.1. The van der Waals surface area contributed by atoms with Crippen LogP contribution in [0.25, 0.3) is 11.0 Å². The molecule has 0 radical (unpaired) electrons. The smallest absolute Gasteiger partial charge is 0.335 e. The fraction of sp³-hybridized carbons (Fsp3) is 0.344. The molecule has 42 heavy (non-hydrogen) atoms. The Hall–Kier alpha value is -3.97. The highest BCUT2D eigenvalue weighted by Crippen LogP contribution is 2.30. The van der Waals surface area contributed by atoms with Gasteiger partial charge in [-0.1, -0.05) is 29.7 Å². The maximum atomic E-state index is 14.1. The number of nitrogens with zero attached hydrogens (tertiary/aromatic N) is 4. The number of carboxylic acid groups (broad SMARTS) is 1. The van der Waals surface area contributed by atoms with Crippen LogP contribution >= 0.6 is 11.6 Å². The Bertz CT molecular complexity index is 1670. The summed E-state index contributed by atoms with van der Waals surface area (Å²) in [5.41, 5.74) is 3.37. The van der Waals surface area contributed by atoms with Crippen LogP contribution in [-0.4, -0.2) is 56.3 Å². The highest BCUT2D eigenvalue weighted by atomic mass is 35.5. The molecule has 8 nitrogen and oxygen atoms in total.